The number of fused-ring (bicyclic) bond motifs is 1. The fraction of sp³-hybridized carbons (Fsp3) is 0.435. The van der Waals surface area contributed by atoms with Crippen LogP contribution in [-0.4, -0.2) is 48.2 Å². The number of rotatable bonds is 6. The molecule has 1 amide bonds. The highest BCUT2D eigenvalue weighted by Gasteiger charge is 2.50. The van der Waals surface area contributed by atoms with Crippen molar-refractivity contribution < 1.29 is 9.90 Å². The molecular weight excluding hydrogens is 372 g/mol. The number of aliphatic hydroxyl groups is 1. The lowest BCUT2D eigenvalue weighted by Gasteiger charge is -2.53. The molecule has 0 radical (unpaired) electrons. The van der Waals surface area contributed by atoms with Gasteiger partial charge < -0.3 is 10.4 Å². The molecule has 5 heteroatoms. The van der Waals surface area contributed by atoms with Gasteiger partial charge in [0.1, 0.15) is 0 Å². The maximum absolute atomic E-state index is 12.9. The second-order valence-electron chi connectivity index (χ2n) is 8.13. The molecule has 148 valence electrons. The minimum absolute atomic E-state index is 0.0358. The highest BCUT2D eigenvalue weighted by atomic mass is 35.5. The van der Waals surface area contributed by atoms with Crippen LogP contribution < -0.4 is 5.32 Å². The summed E-state index contributed by atoms with van der Waals surface area (Å²) in [5, 5.41) is 12.7. The maximum Gasteiger partial charge on any atom is 0.229 e. The van der Waals surface area contributed by atoms with Gasteiger partial charge >= 0.3 is 0 Å². The first kappa shape index (κ1) is 19.4. The van der Waals surface area contributed by atoms with Crippen molar-refractivity contribution in [1.29, 1.82) is 0 Å². The van der Waals surface area contributed by atoms with E-state index in [1.54, 1.807) is 0 Å². The third-order valence-corrected chi connectivity index (χ3v) is 6.44. The van der Waals surface area contributed by atoms with E-state index in [-0.39, 0.29) is 12.5 Å². The molecule has 0 bridgehead atoms. The molecule has 1 fully saturated rings. The quantitative estimate of drug-likeness (QED) is 0.786. The van der Waals surface area contributed by atoms with E-state index in [0.29, 0.717) is 24.0 Å². The lowest BCUT2D eigenvalue weighted by Crippen LogP contribution is -2.67. The van der Waals surface area contributed by atoms with Crippen molar-refractivity contribution in [2.45, 2.75) is 31.7 Å². The van der Waals surface area contributed by atoms with E-state index < -0.39 is 5.41 Å². The van der Waals surface area contributed by atoms with Gasteiger partial charge in [-0.1, -0.05) is 48.0 Å². The Labute approximate surface area is 171 Å². The van der Waals surface area contributed by atoms with Gasteiger partial charge in [0.15, 0.2) is 0 Å². The van der Waals surface area contributed by atoms with E-state index in [1.165, 1.54) is 11.1 Å². The van der Waals surface area contributed by atoms with Gasteiger partial charge in [0.2, 0.25) is 5.91 Å². The Morgan fingerprint density at radius 2 is 1.86 bits per heavy atom. The molecule has 4 nitrogen and oxygen atoms in total. The van der Waals surface area contributed by atoms with E-state index in [2.05, 4.69) is 34.5 Å². The van der Waals surface area contributed by atoms with Gasteiger partial charge in [-0.25, -0.2) is 0 Å². The Balaban J connectivity index is 1.46. The lowest BCUT2D eigenvalue weighted by molar-refractivity contribution is -0.144. The highest BCUT2D eigenvalue weighted by molar-refractivity contribution is 6.30. The first-order chi connectivity index (χ1) is 13.6. The van der Waals surface area contributed by atoms with Crippen LogP contribution in [0.4, 0.5) is 0 Å². The smallest absolute Gasteiger partial charge is 0.229 e. The van der Waals surface area contributed by atoms with Crippen LogP contribution in [0.5, 0.6) is 0 Å². The minimum atomic E-state index is -0.431. The number of aryl methyl sites for hydroxylation is 1. The monoisotopic (exact) mass is 398 g/mol. The summed E-state index contributed by atoms with van der Waals surface area (Å²) in [5.74, 6) is 0.0453. The molecule has 0 spiro atoms. The number of amides is 1. The number of carbonyl (C=O) groups excluding carboxylic acids is 1. The SMILES string of the molecule is O=C(NCCO)C1(Cc2ccc(Cl)cc2)CN(C2CCc3ccccc3C2)C1. The molecule has 2 aliphatic rings. The summed E-state index contributed by atoms with van der Waals surface area (Å²) in [5.41, 5.74) is 3.60. The van der Waals surface area contributed by atoms with Crippen LogP contribution in [0.15, 0.2) is 48.5 Å². The lowest BCUT2D eigenvalue weighted by atomic mass is 9.71. The van der Waals surface area contributed by atoms with Crippen LogP contribution in [0, 0.1) is 5.41 Å². The summed E-state index contributed by atoms with van der Waals surface area (Å²) in [6, 6.07) is 17.0. The molecular formula is C23H27ClN2O2. The Hall–Kier alpha value is -1.88. The van der Waals surface area contributed by atoms with Crippen LogP contribution in [-0.2, 0) is 24.1 Å². The van der Waals surface area contributed by atoms with Crippen molar-refractivity contribution in [2.75, 3.05) is 26.2 Å². The number of nitrogens with one attached hydrogen (secondary N) is 1. The van der Waals surface area contributed by atoms with E-state index in [4.69, 9.17) is 16.7 Å². The van der Waals surface area contributed by atoms with Crippen LogP contribution in [0.1, 0.15) is 23.1 Å². The van der Waals surface area contributed by atoms with Crippen molar-refractivity contribution in [1.82, 2.24) is 10.2 Å². The largest absolute Gasteiger partial charge is 0.395 e. The fourth-order valence-electron chi connectivity index (χ4n) is 4.67. The Kier molecular flexibility index (Phi) is 5.72. The van der Waals surface area contributed by atoms with Crippen molar-refractivity contribution in [2.24, 2.45) is 5.41 Å². The first-order valence-electron chi connectivity index (χ1n) is 10.0. The predicted octanol–water partition coefficient (Wildman–Crippen LogP) is 2.85. The molecule has 28 heavy (non-hydrogen) atoms. The average molecular weight is 399 g/mol. The van der Waals surface area contributed by atoms with Gasteiger partial charge in [-0.2, -0.15) is 0 Å². The van der Waals surface area contributed by atoms with Crippen LogP contribution in [0.2, 0.25) is 5.02 Å². The standard InChI is InChI=1S/C23H27ClN2O2/c24-20-8-5-17(6-9-20)14-23(22(28)25-11-12-27)15-26(16-23)21-10-7-18-3-1-2-4-19(18)13-21/h1-6,8-9,21,27H,7,10-16H2,(H,25,28). The second kappa shape index (κ2) is 8.24. The van der Waals surface area contributed by atoms with Crippen LogP contribution >= 0.6 is 11.6 Å². The summed E-state index contributed by atoms with van der Waals surface area (Å²) in [6.45, 7) is 1.79. The van der Waals surface area contributed by atoms with Crippen molar-refractivity contribution >= 4 is 17.5 Å². The summed E-state index contributed by atoms with van der Waals surface area (Å²) >= 11 is 6.01. The number of aliphatic hydroxyl groups excluding tert-OH is 1. The van der Waals surface area contributed by atoms with Crippen LogP contribution in [0.25, 0.3) is 0 Å². The number of halogens is 1. The number of benzene rings is 2. The molecule has 1 heterocycles. The van der Waals surface area contributed by atoms with Crippen molar-refractivity contribution in [3.63, 3.8) is 0 Å². The molecule has 1 unspecified atom stereocenters. The van der Waals surface area contributed by atoms with Crippen molar-refractivity contribution in [3.8, 4) is 0 Å². The topological polar surface area (TPSA) is 52.6 Å². The number of hydrogen-bond acceptors (Lipinski definition) is 3. The summed E-state index contributed by atoms with van der Waals surface area (Å²) in [6.07, 6.45) is 4.01. The van der Waals surface area contributed by atoms with E-state index >= 15 is 0 Å². The van der Waals surface area contributed by atoms with Gasteiger partial charge in [-0.3, -0.25) is 9.69 Å². The third-order valence-electron chi connectivity index (χ3n) is 6.18. The third kappa shape index (κ3) is 3.95. The maximum atomic E-state index is 12.9. The summed E-state index contributed by atoms with van der Waals surface area (Å²) < 4.78 is 0. The van der Waals surface area contributed by atoms with Crippen molar-refractivity contribution in [3.05, 3.63) is 70.2 Å². The molecule has 2 aromatic rings. The number of hydrogen-bond donors (Lipinski definition) is 2. The molecule has 1 atom stereocenters. The van der Waals surface area contributed by atoms with E-state index in [1.807, 2.05) is 24.3 Å². The van der Waals surface area contributed by atoms with Gasteiger partial charge in [0, 0.05) is 30.7 Å². The highest BCUT2D eigenvalue weighted by Crippen LogP contribution is 2.39. The Morgan fingerprint density at radius 1 is 1.14 bits per heavy atom. The molecule has 1 aliphatic carbocycles. The summed E-state index contributed by atoms with van der Waals surface area (Å²) in [4.78, 5) is 15.4. The van der Waals surface area contributed by atoms with Gasteiger partial charge in [0.25, 0.3) is 0 Å². The zero-order chi connectivity index (χ0) is 19.6. The summed E-state index contributed by atoms with van der Waals surface area (Å²) in [7, 11) is 0. The molecule has 0 aromatic heterocycles. The zero-order valence-electron chi connectivity index (χ0n) is 16.0. The number of carbonyl (C=O) groups is 1. The molecule has 2 N–H and O–H groups in total. The van der Waals surface area contributed by atoms with Gasteiger partial charge in [-0.05, 0) is 54.5 Å². The van der Waals surface area contributed by atoms with E-state index in [0.717, 1.165) is 37.9 Å². The molecule has 1 saturated heterocycles. The normalized spacial score (nSPS) is 20.9. The number of nitrogens with zero attached hydrogens (tertiary/aromatic N) is 1. The Bertz CT molecular complexity index is 831. The molecule has 1 aliphatic heterocycles. The molecule has 4 rings (SSSR count). The fourth-order valence-corrected chi connectivity index (χ4v) is 4.79. The van der Waals surface area contributed by atoms with Gasteiger partial charge in [-0.15, -0.1) is 0 Å². The predicted molar refractivity (Wildman–Crippen MR) is 112 cm³/mol. The molecule has 2 aromatic carbocycles. The van der Waals surface area contributed by atoms with Crippen LogP contribution in [0.3, 0.4) is 0 Å². The molecule has 0 saturated carbocycles. The average Bonchev–Trinajstić information content (AvgIpc) is 2.69. The second-order valence-corrected chi connectivity index (χ2v) is 8.57. The minimum Gasteiger partial charge on any atom is -0.395 e. The zero-order valence-corrected chi connectivity index (χ0v) is 16.8. The first-order valence-corrected chi connectivity index (χ1v) is 10.4. The number of likely N-dealkylation sites (tertiary alicyclic amines) is 1. The Morgan fingerprint density at radius 3 is 2.57 bits per heavy atom. The van der Waals surface area contributed by atoms with E-state index in [9.17, 15) is 4.79 Å². The van der Waals surface area contributed by atoms with Gasteiger partial charge in [0.05, 0.1) is 12.0 Å².